The van der Waals surface area contributed by atoms with Gasteiger partial charge < -0.3 is 16.0 Å². The van der Waals surface area contributed by atoms with Crippen molar-refractivity contribution in [2.24, 2.45) is 0 Å². The van der Waals surface area contributed by atoms with Crippen molar-refractivity contribution in [3.05, 3.63) is 28.3 Å². The predicted molar refractivity (Wildman–Crippen MR) is 76.3 cm³/mol. The van der Waals surface area contributed by atoms with Crippen molar-refractivity contribution in [1.29, 1.82) is 0 Å². The Morgan fingerprint density at radius 1 is 1.53 bits per heavy atom. The second-order valence-electron chi connectivity index (χ2n) is 5.01. The number of hydrogen-bond donors (Lipinski definition) is 2. The van der Waals surface area contributed by atoms with Gasteiger partial charge in [0.15, 0.2) is 0 Å². The zero-order valence-corrected chi connectivity index (χ0v) is 11.1. The number of nitro groups is 1. The van der Waals surface area contributed by atoms with Crippen LogP contribution in [-0.2, 0) is 0 Å². The Hall–Kier alpha value is -1.82. The SMILES string of the molecule is CN1CCCCC1CNc1cccc(N)c1[N+](=O)[O-]. The van der Waals surface area contributed by atoms with E-state index in [4.69, 9.17) is 5.73 Å². The fourth-order valence-corrected chi connectivity index (χ4v) is 2.54. The molecule has 1 aliphatic rings. The number of benzene rings is 1. The predicted octanol–water partition coefficient (Wildman–Crippen LogP) is 2.07. The maximum Gasteiger partial charge on any atom is 0.314 e. The van der Waals surface area contributed by atoms with Crippen LogP contribution in [0.2, 0.25) is 0 Å². The first-order valence-electron chi connectivity index (χ1n) is 6.56. The largest absolute Gasteiger partial charge is 0.393 e. The molecule has 19 heavy (non-hydrogen) atoms. The summed E-state index contributed by atoms with van der Waals surface area (Å²) in [6, 6.07) is 5.41. The van der Waals surface area contributed by atoms with Crippen molar-refractivity contribution in [1.82, 2.24) is 4.90 Å². The molecule has 0 saturated carbocycles. The minimum Gasteiger partial charge on any atom is -0.393 e. The van der Waals surface area contributed by atoms with Crippen LogP contribution in [0.25, 0.3) is 0 Å². The summed E-state index contributed by atoms with van der Waals surface area (Å²) in [5.74, 6) is 0. The first-order chi connectivity index (χ1) is 9.09. The molecular formula is C13H20N4O2. The number of para-hydroxylation sites is 1. The lowest BCUT2D eigenvalue weighted by Crippen LogP contribution is -2.40. The summed E-state index contributed by atoms with van der Waals surface area (Å²) in [5, 5.41) is 14.2. The molecule has 1 atom stereocenters. The van der Waals surface area contributed by atoms with Crippen LogP contribution in [0, 0.1) is 10.1 Å². The van der Waals surface area contributed by atoms with Gasteiger partial charge in [0.25, 0.3) is 0 Å². The summed E-state index contributed by atoms with van der Waals surface area (Å²) in [5.41, 5.74) is 6.34. The van der Waals surface area contributed by atoms with Gasteiger partial charge >= 0.3 is 5.69 Å². The van der Waals surface area contributed by atoms with Gasteiger partial charge in [-0.15, -0.1) is 0 Å². The molecule has 1 fully saturated rings. The van der Waals surface area contributed by atoms with Crippen molar-refractivity contribution in [2.75, 3.05) is 31.2 Å². The van der Waals surface area contributed by atoms with Gasteiger partial charge in [0.1, 0.15) is 11.4 Å². The van der Waals surface area contributed by atoms with Gasteiger partial charge in [0, 0.05) is 12.6 Å². The molecule has 2 rings (SSSR count). The normalized spacial score (nSPS) is 20.2. The first kappa shape index (κ1) is 13.6. The van der Waals surface area contributed by atoms with Gasteiger partial charge in [0.2, 0.25) is 0 Å². The molecule has 0 amide bonds. The molecule has 3 N–H and O–H groups in total. The number of likely N-dealkylation sites (tertiary alicyclic amines) is 1. The highest BCUT2D eigenvalue weighted by Crippen LogP contribution is 2.30. The van der Waals surface area contributed by atoms with E-state index in [2.05, 4.69) is 17.3 Å². The molecule has 1 aromatic rings. The third kappa shape index (κ3) is 3.14. The van der Waals surface area contributed by atoms with Crippen LogP contribution in [-0.4, -0.2) is 36.0 Å². The number of nitrogen functional groups attached to an aromatic ring is 1. The molecule has 0 aliphatic carbocycles. The zero-order valence-electron chi connectivity index (χ0n) is 11.1. The molecular weight excluding hydrogens is 244 g/mol. The highest BCUT2D eigenvalue weighted by molar-refractivity contribution is 5.74. The van der Waals surface area contributed by atoms with E-state index in [0.29, 0.717) is 18.3 Å². The van der Waals surface area contributed by atoms with Crippen LogP contribution in [0.4, 0.5) is 17.1 Å². The van der Waals surface area contributed by atoms with Crippen LogP contribution >= 0.6 is 0 Å². The van der Waals surface area contributed by atoms with Gasteiger partial charge in [0.05, 0.1) is 4.92 Å². The third-order valence-electron chi connectivity index (χ3n) is 3.70. The molecule has 6 nitrogen and oxygen atoms in total. The highest BCUT2D eigenvalue weighted by atomic mass is 16.6. The number of rotatable bonds is 4. The first-order valence-corrected chi connectivity index (χ1v) is 6.56. The quantitative estimate of drug-likeness (QED) is 0.494. The van der Waals surface area contributed by atoms with Gasteiger partial charge in [-0.05, 0) is 38.6 Å². The maximum absolute atomic E-state index is 11.0. The summed E-state index contributed by atoms with van der Waals surface area (Å²) in [4.78, 5) is 12.9. The molecule has 6 heteroatoms. The van der Waals surface area contributed by atoms with Crippen LogP contribution in [0.15, 0.2) is 18.2 Å². The van der Waals surface area contributed by atoms with Gasteiger partial charge in [-0.1, -0.05) is 12.5 Å². The fourth-order valence-electron chi connectivity index (χ4n) is 2.54. The number of nitrogens with zero attached hydrogens (tertiary/aromatic N) is 2. The number of nitro benzene ring substituents is 1. The Balaban J connectivity index is 2.07. The molecule has 104 valence electrons. The van der Waals surface area contributed by atoms with Crippen LogP contribution in [0.5, 0.6) is 0 Å². The van der Waals surface area contributed by atoms with E-state index in [1.165, 1.54) is 12.8 Å². The van der Waals surface area contributed by atoms with Crippen LogP contribution in [0.3, 0.4) is 0 Å². The number of likely N-dealkylation sites (N-methyl/N-ethyl adjacent to an activating group) is 1. The lowest BCUT2D eigenvalue weighted by Gasteiger charge is -2.32. The second kappa shape index (κ2) is 5.88. The zero-order chi connectivity index (χ0) is 13.8. The average Bonchev–Trinajstić information content (AvgIpc) is 2.37. The molecule has 0 spiro atoms. The Kier molecular flexibility index (Phi) is 4.21. The smallest absolute Gasteiger partial charge is 0.314 e. The van der Waals surface area contributed by atoms with Crippen molar-refractivity contribution in [3.8, 4) is 0 Å². The van der Waals surface area contributed by atoms with E-state index in [1.54, 1.807) is 18.2 Å². The minimum atomic E-state index is -0.428. The average molecular weight is 264 g/mol. The molecule has 0 radical (unpaired) electrons. The molecule has 0 aromatic heterocycles. The molecule has 1 aromatic carbocycles. The van der Waals surface area contributed by atoms with Crippen molar-refractivity contribution < 1.29 is 4.92 Å². The Bertz CT molecular complexity index is 464. The Labute approximate surface area is 112 Å². The number of piperidine rings is 1. The molecule has 1 unspecified atom stereocenters. The lowest BCUT2D eigenvalue weighted by molar-refractivity contribution is -0.383. The van der Waals surface area contributed by atoms with Gasteiger partial charge in [-0.25, -0.2) is 0 Å². The van der Waals surface area contributed by atoms with Gasteiger partial charge in [-0.3, -0.25) is 10.1 Å². The summed E-state index contributed by atoms with van der Waals surface area (Å²) >= 11 is 0. The molecule has 1 aliphatic heterocycles. The monoisotopic (exact) mass is 264 g/mol. The van der Waals surface area contributed by atoms with E-state index in [-0.39, 0.29) is 11.4 Å². The molecule has 1 heterocycles. The number of nitrogens with one attached hydrogen (secondary N) is 1. The van der Waals surface area contributed by atoms with E-state index in [9.17, 15) is 10.1 Å². The fraction of sp³-hybridized carbons (Fsp3) is 0.538. The Morgan fingerprint density at radius 2 is 2.32 bits per heavy atom. The van der Waals surface area contributed by atoms with E-state index in [1.807, 2.05) is 0 Å². The van der Waals surface area contributed by atoms with E-state index >= 15 is 0 Å². The maximum atomic E-state index is 11.0. The number of anilines is 2. The minimum absolute atomic E-state index is 0.0269. The highest BCUT2D eigenvalue weighted by Gasteiger charge is 2.21. The standard InChI is InChI=1S/C13H20N4O2/c1-16-8-3-2-5-10(16)9-15-12-7-4-6-11(14)13(12)17(18)19/h4,6-7,10,15H,2-3,5,8-9,14H2,1H3. The third-order valence-corrected chi connectivity index (χ3v) is 3.70. The van der Waals surface area contributed by atoms with Crippen LogP contribution in [0.1, 0.15) is 19.3 Å². The van der Waals surface area contributed by atoms with Crippen molar-refractivity contribution >= 4 is 17.1 Å². The summed E-state index contributed by atoms with van der Waals surface area (Å²) < 4.78 is 0. The summed E-state index contributed by atoms with van der Waals surface area (Å²) in [7, 11) is 2.10. The molecule has 1 saturated heterocycles. The van der Waals surface area contributed by atoms with E-state index < -0.39 is 4.92 Å². The molecule has 0 bridgehead atoms. The van der Waals surface area contributed by atoms with Gasteiger partial charge in [-0.2, -0.15) is 0 Å². The number of hydrogen-bond acceptors (Lipinski definition) is 5. The summed E-state index contributed by atoms with van der Waals surface area (Å²) in [6.07, 6.45) is 3.57. The topological polar surface area (TPSA) is 84.4 Å². The van der Waals surface area contributed by atoms with Crippen molar-refractivity contribution in [3.63, 3.8) is 0 Å². The Morgan fingerprint density at radius 3 is 3.00 bits per heavy atom. The van der Waals surface area contributed by atoms with E-state index in [0.717, 1.165) is 13.0 Å². The van der Waals surface area contributed by atoms with Crippen LogP contribution < -0.4 is 11.1 Å². The second-order valence-corrected chi connectivity index (χ2v) is 5.01. The number of nitrogens with two attached hydrogens (primary N) is 1. The summed E-state index contributed by atoms with van der Waals surface area (Å²) in [6.45, 7) is 1.80. The lowest BCUT2D eigenvalue weighted by atomic mass is 10.0. The van der Waals surface area contributed by atoms with Crippen molar-refractivity contribution in [2.45, 2.75) is 25.3 Å².